The van der Waals surface area contributed by atoms with Crippen molar-refractivity contribution in [2.75, 3.05) is 10.2 Å². The van der Waals surface area contributed by atoms with Gasteiger partial charge in [0.05, 0.1) is 28.5 Å². The van der Waals surface area contributed by atoms with Gasteiger partial charge in [-0.1, -0.05) is 36.7 Å². The number of aromatic nitrogens is 2. The van der Waals surface area contributed by atoms with Crippen LogP contribution in [0.2, 0.25) is 5.02 Å². The number of nitrogens with one attached hydrogen (secondary N) is 2. The number of benzene rings is 2. The molecule has 0 saturated carbocycles. The Bertz CT molecular complexity index is 1520. The molecule has 0 aliphatic carbocycles. The normalized spacial score (nSPS) is 17.0. The molecule has 1 fully saturated rings. The summed E-state index contributed by atoms with van der Waals surface area (Å²) in [6.07, 6.45) is 2.23. The summed E-state index contributed by atoms with van der Waals surface area (Å²) in [7, 11) is 0. The van der Waals surface area contributed by atoms with Crippen LogP contribution in [0.4, 0.5) is 11.4 Å². The first-order valence-corrected chi connectivity index (χ1v) is 13.4. The molecule has 3 heterocycles. The summed E-state index contributed by atoms with van der Waals surface area (Å²) in [5.41, 5.74) is 7.86. The monoisotopic (exact) mass is 543 g/mol. The lowest BCUT2D eigenvalue weighted by molar-refractivity contribution is -0.115. The van der Waals surface area contributed by atoms with Gasteiger partial charge >= 0.3 is 0 Å². The predicted molar refractivity (Wildman–Crippen MR) is 158 cm³/mol. The molecule has 0 spiro atoms. The van der Waals surface area contributed by atoms with E-state index >= 15 is 0 Å². The van der Waals surface area contributed by atoms with Crippen LogP contribution < -0.4 is 15.5 Å². The van der Waals surface area contributed by atoms with E-state index in [0.29, 0.717) is 16.6 Å². The lowest BCUT2D eigenvalue weighted by Crippen LogP contribution is -2.29. The number of hydrogen-bond donors (Lipinski definition) is 2. The van der Waals surface area contributed by atoms with Gasteiger partial charge in [0.15, 0.2) is 5.11 Å². The SMILES string of the molecule is CCC(=O)Nc1ccc(N2C(=S)N[C@@H](c3ccccn3)[C@H]2c2cc(C)n(-c3ccccc3Cl)c2C)cc1C. The van der Waals surface area contributed by atoms with E-state index in [0.717, 1.165) is 45.3 Å². The molecule has 1 aliphatic rings. The van der Waals surface area contributed by atoms with Crippen molar-refractivity contribution < 1.29 is 4.79 Å². The highest BCUT2D eigenvalue weighted by molar-refractivity contribution is 7.80. The van der Waals surface area contributed by atoms with E-state index in [4.69, 9.17) is 23.8 Å². The smallest absolute Gasteiger partial charge is 0.224 e. The maximum absolute atomic E-state index is 12.0. The summed E-state index contributed by atoms with van der Waals surface area (Å²) in [5, 5.41) is 7.83. The zero-order chi connectivity index (χ0) is 27.0. The third-order valence-corrected chi connectivity index (χ3v) is 7.70. The molecule has 2 N–H and O–H groups in total. The number of hydrogen-bond acceptors (Lipinski definition) is 3. The molecule has 1 aliphatic heterocycles. The molecule has 1 saturated heterocycles. The standard InChI is InChI=1S/C30H30ClN5OS/c1-5-27(37)33-24-14-13-21(16-18(24)2)36-29(28(34-30(36)38)25-11-8-9-15-32-25)22-17-19(3)35(20(22)4)26-12-7-6-10-23(26)31/h6-17,28-29H,5H2,1-4H3,(H,33,37)(H,34,38)/t28-,29+/m0/s1. The summed E-state index contributed by atoms with van der Waals surface area (Å²) in [5.74, 6) is -0.0145. The third-order valence-electron chi connectivity index (χ3n) is 7.06. The molecule has 6 nitrogen and oxygen atoms in total. The van der Waals surface area contributed by atoms with Gasteiger partial charge < -0.3 is 20.1 Å². The van der Waals surface area contributed by atoms with E-state index in [1.54, 1.807) is 0 Å². The van der Waals surface area contributed by atoms with Crippen molar-refractivity contribution in [3.05, 3.63) is 106 Å². The minimum Gasteiger partial charge on any atom is -0.351 e. The zero-order valence-electron chi connectivity index (χ0n) is 21.8. The Labute approximate surface area is 233 Å². The molecule has 2 atom stereocenters. The minimum atomic E-state index is -0.163. The molecule has 0 unspecified atom stereocenters. The summed E-state index contributed by atoms with van der Waals surface area (Å²) < 4.78 is 2.20. The lowest BCUT2D eigenvalue weighted by atomic mass is 9.96. The van der Waals surface area contributed by atoms with Gasteiger partial charge in [0.2, 0.25) is 5.91 Å². The Morgan fingerprint density at radius 3 is 2.53 bits per heavy atom. The number of rotatable bonds is 6. The Morgan fingerprint density at radius 2 is 1.84 bits per heavy atom. The number of pyridine rings is 1. The van der Waals surface area contributed by atoms with Crippen LogP contribution in [0, 0.1) is 20.8 Å². The van der Waals surface area contributed by atoms with Crippen molar-refractivity contribution in [1.29, 1.82) is 0 Å². The Morgan fingerprint density at radius 1 is 1.08 bits per heavy atom. The van der Waals surface area contributed by atoms with Crippen molar-refractivity contribution in [3.63, 3.8) is 0 Å². The van der Waals surface area contributed by atoms with E-state index in [1.165, 1.54) is 0 Å². The van der Waals surface area contributed by atoms with Crippen LogP contribution in [0.1, 0.15) is 53.6 Å². The number of carbonyl (C=O) groups excluding carboxylic acids is 1. The Hall–Kier alpha value is -3.68. The number of carbonyl (C=O) groups is 1. The number of thiocarbonyl (C=S) groups is 1. The van der Waals surface area contributed by atoms with Gasteiger partial charge in [-0.2, -0.15) is 0 Å². The fraction of sp³-hybridized carbons (Fsp3) is 0.233. The fourth-order valence-electron chi connectivity index (χ4n) is 5.22. The van der Waals surface area contributed by atoms with Crippen LogP contribution in [0.5, 0.6) is 0 Å². The summed E-state index contributed by atoms with van der Waals surface area (Å²) >= 11 is 12.5. The van der Waals surface area contributed by atoms with Gasteiger partial charge in [0, 0.05) is 35.4 Å². The van der Waals surface area contributed by atoms with Crippen LogP contribution in [-0.4, -0.2) is 20.6 Å². The fourth-order valence-corrected chi connectivity index (χ4v) is 5.78. The topological polar surface area (TPSA) is 62.2 Å². The molecule has 8 heteroatoms. The van der Waals surface area contributed by atoms with E-state index < -0.39 is 0 Å². The quantitative estimate of drug-likeness (QED) is 0.257. The summed E-state index contributed by atoms with van der Waals surface area (Å²) in [4.78, 5) is 18.8. The highest BCUT2D eigenvalue weighted by atomic mass is 35.5. The van der Waals surface area contributed by atoms with Crippen LogP contribution >= 0.6 is 23.8 Å². The third kappa shape index (κ3) is 4.68. The maximum atomic E-state index is 12.0. The number of halogens is 1. The molecule has 0 bridgehead atoms. The molecule has 2 aromatic heterocycles. The average Bonchev–Trinajstić information content (AvgIpc) is 3.41. The average molecular weight is 544 g/mol. The predicted octanol–water partition coefficient (Wildman–Crippen LogP) is 6.98. The van der Waals surface area contributed by atoms with E-state index in [1.807, 2.05) is 74.6 Å². The van der Waals surface area contributed by atoms with Crippen molar-refractivity contribution in [2.45, 2.75) is 46.2 Å². The van der Waals surface area contributed by atoms with E-state index in [9.17, 15) is 4.79 Å². The molecule has 5 rings (SSSR count). The van der Waals surface area contributed by atoms with Gasteiger partial charge in [-0.05, 0) is 92.6 Å². The molecular formula is C30H30ClN5OS. The lowest BCUT2D eigenvalue weighted by Gasteiger charge is -2.29. The zero-order valence-corrected chi connectivity index (χ0v) is 23.4. The summed E-state index contributed by atoms with van der Waals surface area (Å²) in [6.45, 7) is 8.05. The van der Waals surface area contributed by atoms with Crippen molar-refractivity contribution in [3.8, 4) is 5.69 Å². The second-order valence-corrected chi connectivity index (χ2v) is 10.3. The first-order chi connectivity index (χ1) is 18.3. The second kappa shape index (κ2) is 10.6. The van der Waals surface area contributed by atoms with Crippen molar-refractivity contribution in [2.24, 2.45) is 0 Å². The number of anilines is 2. The highest BCUT2D eigenvalue weighted by Crippen LogP contribution is 2.44. The number of nitrogens with zero attached hydrogens (tertiary/aromatic N) is 3. The van der Waals surface area contributed by atoms with Gasteiger partial charge in [0.1, 0.15) is 0 Å². The molecule has 1 amide bonds. The Kier molecular flexibility index (Phi) is 7.23. The highest BCUT2D eigenvalue weighted by Gasteiger charge is 2.42. The van der Waals surface area contributed by atoms with Crippen LogP contribution in [-0.2, 0) is 4.79 Å². The molecule has 4 aromatic rings. The maximum Gasteiger partial charge on any atom is 0.224 e. The second-order valence-electron chi connectivity index (χ2n) is 9.51. The van der Waals surface area contributed by atoms with Crippen LogP contribution in [0.25, 0.3) is 5.69 Å². The van der Waals surface area contributed by atoms with E-state index in [-0.39, 0.29) is 18.0 Å². The van der Waals surface area contributed by atoms with Crippen molar-refractivity contribution >= 4 is 46.2 Å². The van der Waals surface area contributed by atoms with Gasteiger partial charge in [0.25, 0.3) is 0 Å². The van der Waals surface area contributed by atoms with Gasteiger partial charge in [-0.25, -0.2) is 0 Å². The first kappa shape index (κ1) is 25.9. The minimum absolute atomic E-state index is 0.0145. The number of amides is 1. The first-order valence-electron chi connectivity index (χ1n) is 12.6. The largest absolute Gasteiger partial charge is 0.351 e. The molecular weight excluding hydrogens is 514 g/mol. The molecule has 194 valence electrons. The van der Waals surface area contributed by atoms with Crippen LogP contribution in [0.3, 0.4) is 0 Å². The van der Waals surface area contributed by atoms with E-state index in [2.05, 4.69) is 51.1 Å². The van der Waals surface area contributed by atoms with Gasteiger partial charge in [-0.3, -0.25) is 9.78 Å². The van der Waals surface area contributed by atoms with Crippen molar-refractivity contribution in [1.82, 2.24) is 14.9 Å². The molecule has 38 heavy (non-hydrogen) atoms. The number of para-hydroxylation sites is 1. The van der Waals surface area contributed by atoms with Gasteiger partial charge in [-0.15, -0.1) is 0 Å². The van der Waals surface area contributed by atoms with Crippen LogP contribution in [0.15, 0.2) is 72.9 Å². The number of aryl methyl sites for hydroxylation is 2. The summed E-state index contributed by atoms with van der Waals surface area (Å²) in [6, 6.07) is 21.7. The molecule has 2 aromatic carbocycles. The Balaban J connectivity index is 1.64. The molecule has 0 radical (unpaired) electrons.